The van der Waals surface area contributed by atoms with Crippen LogP contribution in [-0.2, 0) is 0 Å². The smallest absolute Gasteiger partial charge is 0.337 e. The monoisotopic (exact) mass is 359 g/mol. The highest BCUT2D eigenvalue weighted by molar-refractivity contribution is 9.10. The number of carboxylic acids is 1. The van der Waals surface area contributed by atoms with Gasteiger partial charge < -0.3 is 15.6 Å². The molecule has 0 heterocycles. The number of hydrogen-bond acceptors (Lipinski definition) is 3. The summed E-state index contributed by atoms with van der Waals surface area (Å²) >= 11 is 9.00. The third kappa shape index (κ3) is 3.02. The van der Waals surface area contributed by atoms with E-state index in [9.17, 15) is 9.18 Å². The summed E-state index contributed by atoms with van der Waals surface area (Å²) in [6.07, 6.45) is 0. The molecule has 0 saturated heterocycles. The number of nitrogen functional groups attached to an aromatic ring is 1. The van der Waals surface area contributed by atoms with Crippen LogP contribution in [0, 0.1) is 5.82 Å². The van der Waals surface area contributed by atoms with Crippen molar-refractivity contribution in [2.75, 3.05) is 5.73 Å². The number of aromatic carboxylic acids is 1. The van der Waals surface area contributed by atoms with E-state index in [2.05, 4.69) is 15.9 Å². The van der Waals surface area contributed by atoms with Crippen molar-refractivity contribution in [1.29, 1.82) is 0 Å². The van der Waals surface area contributed by atoms with Gasteiger partial charge in [0.25, 0.3) is 0 Å². The SMILES string of the molecule is Nc1cc(F)c(Oc2ccc(Cl)cc2Br)cc1C(=O)O. The lowest BCUT2D eigenvalue weighted by Gasteiger charge is -2.11. The third-order valence-corrected chi connectivity index (χ3v) is 3.30. The van der Waals surface area contributed by atoms with E-state index in [0.717, 1.165) is 12.1 Å². The predicted molar refractivity (Wildman–Crippen MR) is 77.0 cm³/mol. The van der Waals surface area contributed by atoms with Crippen LogP contribution in [0.15, 0.2) is 34.8 Å². The Labute approximate surface area is 127 Å². The van der Waals surface area contributed by atoms with Crippen molar-refractivity contribution in [2.24, 2.45) is 0 Å². The molecule has 0 atom stereocenters. The molecule has 0 fully saturated rings. The zero-order valence-electron chi connectivity index (χ0n) is 9.86. The van der Waals surface area contributed by atoms with Gasteiger partial charge in [0.05, 0.1) is 10.0 Å². The summed E-state index contributed by atoms with van der Waals surface area (Å²) in [6, 6.07) is 6.61. The highest BCUT2D eigenvalue weighted by Gasteiger charge is 2.15. The van der Waals surface area contributed by atoms with Crippen LogP contribution in [0.1, 0.15) is 10.4 Å². The summed E-state index contributed by atoms with van der Waals surface area (Å²) < 4.78 is 19.6. The summed E-state index contributed by atoms with van der Waals surface area (Å²) in [5, 5.41) is 9.43. The second-order valence-electron chi connectivity index (χ2n) is 3.85. The molecule has 2 aromatic rings. The van der Waals surface area contributed by atoms with Crippen LogP contribution >= 0.6 is 27.5 Å². The van der Waals surface area contributed by atoms with Crippen molar-refractivity contribution in [3.8, 4) is 11.5 Å². The van der Waals surface area contributed by atoms with Gasteiger partial charge in [-0.15, -0.1) is 0 Å². The Bertz CT molecular complexity index is 694. The first-order chi connectivity index (χ1) is 9.38. The van der Waals surface area contributed by atoms with Gasteiger partial charge in [-0.05, 0) is 34.1 Å². The van der Waals surface area contributed by atoms with Crippen molar-refractivity contribution < 1.29 is 19.0 Å². The Morgan fingerprint density at radius 2 is 2.00 bits per heavy atom. The van der Waals surface area contributed by atoms with Gasteiger partial charge in [-0.25, -0.2) is 9.18 Å². The molecule has 0 aliphatic heterocycles. The van der Waals surface area contributed by atoms with E-state index in [1.165, 1.54) is 6.07 Å². The van der Waals surface area contributed by atoms with Crippen molar-refractivity contribution in [2.45, 2.75) is 0 Å². The van der Waals surface area contributed by atoms with Crippen LogP contribution in [0.5, 0.6) is 11.5 Å². The van der Waals surface area contributed by atoms with E-state index in [1.54, 1.807) is 12.1 Å². The lowest BCUT2D eigenvalue weighted by Crippen LogP contribution is -2.04. The molecular formula is C13H8BrClFNO3. The fourth-order valence-electron chi connectivity index (χ4n) is 1.51. The van der Waals surface area contributed by atoms with Gasteiger partial charge in [0.1, 0.15) is 5.75 Å². The molecule has 2 aromatic carbocycles. The van der Waals surface area contributed by atoms with E-state index in [1.807, 2.05) is 0 Å². The van der Waals surface area contributed by atoms with Gasteiger partial charge in [-0.1, -0.05) is 11.6 Å². The van der Waals surface area contributed by atoms with E-state index in [4.69, 9.17) is 27.2 Å². The van der Waals surface area contributed by atoms with E-state index in [0.29, 0.717) is 15.2 Å². The second kappa shape index (κ2) is 5.68. The van der Waals surface area contributed by atoms with Crippen LogP contribution < -0.4 is 10.5 Å². The molecule has 20 heavy (non-hydrogen) atoms. The Kier molecular flexibility index (Phi) is 4.15. The molecule has 0 unspecified atom stereocenters. The van der Waals surface area contributed by atoms with E-state index >= 15 is 0 Å². The molecular weight excluding hydrogens is 353 g/mol. The Morgan fingerprint density at radius 1 is 1.30 bits per heavy atom. The largest absolute Gasteiger partial charge is 0.478 e. The molecule has 0 radical (unpaired) electrons. The van der Waals surface area contributed by atoms with E-state index in [-0.39, 0.29) is 17.0 Å². The van der Waals surface area contributed by atoms with Crippen molar-refractivity contribution in [3.63, 3.8) is 0 Å². The number of halogens is 3. The van der Waals surface area contributed by atoms with Gasteiger partial charge in [0.15, 0.2) is 11.6 Å². The normalized spacial score (nSPS) is 10.3. The van der Waals surface area contributed by atoms with Crippen LogP contribution in [0.3, 0.4) is 0 Å². The highest BCUT2D eigenvalue weighted by atomic mass is 79.9. The first-order valence-corrected chi connectivity index (χ1v) is 6.51. The molecule has 0 amide bonds. The molecule has 0 aromatic heterocycles. The summed E-state index contributed by atoms with van der Waals surface area (Å²) in [6.45, 7) is 0. The second-order valence-corrected chi connectivity index (χ2v) is 5.14. The maximum Gasteiger partial charge on any atom is 0.337 e. The molecule has 4 nitrogen and oxygen atoms in total. The fraction of sp³-hybridized carbons (Fsp3) is 0. The lowest BCUT2D eigenvalue weighted by molar-refractivity contribution is 0.0697. The molecule has 0 bridgehead atoms. The highest BCUT2D eigenvalue weighted by Crippen LogP contribution is 2.34. The molecule has 7 heteroatoms. The number of nitrogens with two attached hydrogens (primary N) is 1. The number of carboxylic acid groups (broad SMARTS) is 1. The minimum atomic E-state index is -1.26. The number of benzene rings is 2. The summed E-state index contributed by atoms with van der Waals surface area (Å²) in [4.78, 5) is 11.0. The first kappa shape index (κ1) is 14.6. The summed E-state index contributed by atoms with van der Waals surface area (Å²) in [5.41, 5.74) is 5.03. The number of carbonyl (C=O) groups is 1. The van der Waals surface area contributed by atoms with Gasteiger partial charge in [-0.3, -0.25) is 0 Å². The Balaban J connectivity index is 2.43. The molecule has 2 rings (SSSR count). The van der Waals surface area contributed by atoms with Crippen LogP contribution in [0.4, 0.5) is 10.1 Å². The summed E-state index contributed by atoms with van der Waals surface area (Å²) in [5.74, 6) is -1.95. The quantitative estimate of drug-likeness (QED) is 0.800. The number of anilines is 1. The average Bonchev–Trinajstić information content (AvgIpc) is 2.35. The molecule has 0 aliphatic carbocycles. The van der Waals surface area contributed by atoms with Gasteiger partial charge in [-0.2, -0.15) is 0 Å². The third-order valence-electron chi connectivity index (χ3n) is 2.45. The van der Waals surface area contributed by atoms with Gasteiger partial charge >= 0.3 is 5.97 Å². The van der Waals surface area contributed by atoms with Gasteiger partial charge in [0.2, 0.25) is 0 Å². The number of ether oxygens (including phenoxy) is 1. The van der Waals surface area contributed by atoms with Crippen molar-refractivity contribution in [1.82, 2.24) is 0 Å². The van der Waals surface area contributed by atoms with Crippen molar-refractivity contribution in [3.05, 3.63) is 51.2 Å². The topological polar surface area (TPSA) is 72.5 Å². The molecule has 3 N–H and O–H groups in total. The van der Waals surface area contributed by atoms with Crippen molar-refractivity contribution >= 4 is 39.2 Å². The average molecular weight is 361 g/mol. The van der Waals surface area contributed by atoms with Crippen LogP contribution in [0.25, 0.3) is 0 Å². The lowest BCUT2D eigenvalue weighted by atomic mass is 10.1. The zero-order valence-corrected chi connectivity index (χ0v) is 12.2. The fourth-order valence-corrected chi connectivity index (χ4v) is 2.27. The maximum absolute atomic E-state index is 13.8. The minimum absolute atomic E-state index is 0.169. The molecule has 0 saturated carbocycles. The minimum Gasteiger partial charge on any atom is -0.478 e. The Hall–Kier alpha value is -1.79. The molecule has 0 aliphatic rings. The zero-order chi connectivity index (χ0) is 14.9. The predicted octanol–water partition coefficient (Wildman–Crippen LogP) is 4.31. The molecule has 104 valence electrons. The van der Waals surface area contributed by atoms with Gasteiger partial charge in [0, 0.05) is 22.8 Å². The Morgan fingerprint density at radius 3 is 2.60 bits per heavy atom. The maximum atomic E-state index is 13.8. The van der Waals surface area contributed by atoms with Crippen LogP contribution in [-0.4, -0.2) is 11.1 Å². The number of hydrogen-bond donors (Lipinski definition) is 2. The standard InChI is InChI=1S/C13H8BrClFNO3/c14-8-3-6(15)1-2-11(8)20-12-4-7(13(18)19)10(17)5-9(12)16/h1-5H,17H2,(H,18,19). The summed E-state index contributed by atoms with van der Waals surface area (Å²) in [7, 11) is 0. The first-order valence-electron chi connectivity index (χ1n) is 5.33. The number of rotatable bonds is 3. The van der Waals surface area contributed by atoms with E-state index < -0.39 is 11.8 Å². The van der Waals surface area contributed by atoms with Crippen LogP contribution in [0.2, 0.25) is 5.02 Å². The molecule has 0 spiro atoms.